The van der Waals surface area contributed by atoms with Crippen LogP contribution in [0.3, 0.4) is 0 Å². The molecule has 0 atom stereocenters. The maximum atomic E-state index is 12.1. The second-order valence-electron chi connectivity index (χ2n) is 4.09. The normalized spacial score (nSPS) is 10.0. The standard InChI is InChI=1S/C14H15N3O2/c1-9-8-10(5-6-12(9)15)17-13(18)11-4-3-7-16-14(11)19-2/h3-8H,15H2,1-2H3,(H,17,18). The molecule has 5 heteroatoms. The first-order valence-corrected chi connectivity index (χ1v) is 5.78. The topological polar surface area (TPSA) is 77.2 Å². The zero-order valence-corrected chi connectivity index (χ0v) is 10.8. The van der Waals surface area contributed by atoms with Crippen LogP contribution in [0.5, 0.6) is 5.88 Å². The summed E-state index contributed by atoms with van der Waals surface area (Å²) >= 11 is 0. The molecule has 0 saturated heterocycles. The zero-order valence-electron chi connectivity index (χ0n) is 10.8. The predicted molar refractivity (Wildman–Crippen MR) is 74.3 cm³/mol. The predicted octanol–water partition coefficient (Wildman–Crippen LogP) is 2.23. The van der Waals surface area contributed by atoms with Gasteiger partial charge in [-0.15, -0.1) is 0 Å². The van der Waals surface area contributed by atoms with E-state index in [4.69, 9.17) is 10.5 Å². The summed E-state index contributed by atoms with van der Waals surface area (Å²) < 4.78 is 5.06. The molecule has 1 aromatic carbocycles. The summed E-state index contributed by atoms with van der Waals surface area (Å²) in [6, 6.07) is 8.67. The van der Waals surface area contributed by atoms with Crippen LogP contribution < -0.4 is 15.8 Å². The lowest BCUT2D eigenvalue weighted by molar-refractivity contribution is 0.102. The Kier molecular flexibility index (Phi) is 3.66. The number of rotatable bonds is 3. The number of aromatic nitrogens is 1. The number of hydrogen-bond acceptors (Lipinski definition) is 4. The van der Waals surface area contributed by atoms with Crippen LogP contribution in [0.15, 0.2) is 36.5 Å². The quantitative estimate of drug-likeness (QED) is 0.827. The Balaban J connectivity index is 2.23. The van der Waals surface area contributed by atoms with E-state index >= 15 is 0 Å². The first kappa shape index (κ1) is 12.9. The van der Waals surface area contributed by atoms with E-state index in [1.54, 1.807) is 30.5 Å². The minimum absolute atomic E-state index is 0.269. The molecule has 1 aromatic heterocycles. The molecule has 0 aliphatic carbocycles. The van der Waals surface area contributed by atoms with E-state index in [9.17, 15) is 4.79 Å². The van der Waals surface area contributed by atoms with Crippen LogP contribution in [0.4, 0.5) is 11.4 Å². The van der Waals surface area contributed by atoms with Crippen molar-refractivity contribution in [3.05, 3.63) is 47.7 Å². The second kappa shape index (κ2) is 5.39. The summed E-state index contributed by atoms with van der Waals surface area (Å²) in [5.74, 6) is 0.0290. The molecule has 0 fully saturated rings. The summed E-state index contributed by atoms with van der Waals surface area (Å²) in [5, 5.41) is 2.79. The van der Waals surface area contributed by atoms with Crippen LogP contribution in [0.1, 0.15) is 15.9 Å². The summed E-state index contributed by atoms with van der Waals surface area (Å²) in [5.41, 5.74) is 8.41. The Bertz CT molecular complexity index is 611. The van der Waals surface area contributed by atoms with Crippen LogP contribution in [0.2, 0.25) is 0 Å². The van der Waals surface area contributed by atoms with Crippen molar-refractivity contribution >= 4 is 17.3 Å². The van der Waals surface area contributed by atoms with Gasteiger partial charge in [0, 0.05) is 17.6 Å². The minimum atomic E-state index is -0.269. The number of nitrogens with one attached hydrogen (secondary N) is 1. The molecule has 0 aliphatic heterocycles. The van der Waals surface area contributed by atoms with Crippen molar-refractivity contribution in [2.24, 2.45) is 0 Å². The van der Waals surface area contributed by atoms with Crippen molar-refractivity contribution in [2.75, 3.05) is 18.2 Å². The number of aryl methyl sites for hydroxylation is 1. The summed E-state index contributed by atoms with van der Waals surface area (Å²) in [6.07, 6.45) is 1.57. The van der Waals surface area contributed by atoms with Crippen molar-refractivity contribution in [1.82, 2.24) is 4.98 Å². The fourth-order valence-corrected chi connectivity index (χ4v) is 1.68. The highest BCUT2D eigenvalue weighted by atomic mass is 16.5. The summed E-state index contributed by atoms with van der Waals surface area (Å²) in [7, 11) is 1.48. The lowest BCUT2D eigenvalue weighted by Crippen LogP contribution is -2.14. The highest BCUT2D eigenvalue weighted by molar-refractivity contribution is 6.05. The molecule has 19 heavy (non-hydrogen) atoms. The molecule has 1 heterocycles. The number of carbonyl (C=O) groups excluding carboxylic acids is 1. The van der Waals surface area contributed by atoms with E-state index in [0.29, 0.717) is 22.8 Å². The van der Waals surface area contributed by atoms with Gasteiger partial charge in [0.1, 0.15) is 5.56 Å². The summed E-state index contributed by atoms with van der Waals surface area (Å²) in [6.45, 7) is 1.88. The van der Waals surface area contributed by atoms with Gasteiger partial charge in [-0.25, -0.2) is 4.98 Å². The van der Waals surface area contributed by atoms with Gasteiger partial charge >= 0.3 is 0 Å². The lowest BCUT2D eigenvalue weighted by Gasteiger charge is -2.09. The average Bonchev–Trinajstić information content (AvgIpc) is 2.43. The van der Waals surface area contributed by atoms with E-state index in [2.05, 4.69) is 10.3 Å². The Labute approximate surface area is 111 Å². The van der Waals surface area contributed by atoms with Crippen LogP contribution in [-0.2, 0) is 0 Å². The van der Waals surface area contributed by atoms with Gasteiger partial charge in [0.05, 0.1) is 7.11 Å². The molecular formula is C14H15N3O2. The molecule has 0 bridgehead atoms. The molecule has 5 nitrogen and oxygen atoms in total. The third kappa shape index (κ3) is 2.82. The Morgan fingerprint density at radius 3 is 2.84 bits per heavy atom. The molecule has 1 amide bonds. The van der Waals surface area contributed by atoms with Crippen molar-refractivity contribution in [3.8, 4) is 5.88 Å². The van der Waals surface area contributed by atoms with Gasteiger partial charge in [-0.05, 0) is 42.8 Å². The molecule has 0 unspecified atom stereocenters. The first-order chi connectivity index (χ1) is 9.11. The van der Waals surface area contributed by atoms with E-state index < -0.39 is 0 Å². The van der Waals surface area contributed by atoms with Crippen molar-refractivity contribution in [2.45, 2.75) is 6.92 Å². The Morgan fingerprint density at radius 2 is 2.16 bits per heavy atom. The molecule has 0 aliphatic rings. The highest BCUT2D eigenvalue weighted by Crippen LogP contribution is 2.19. The summed E-state index contributed by atoms with van der Waals surface area (Å²) in [4.78, 5) is 16.1. The van der Waals surface area contributed by atoms with Crippen molar-refractivity contribution in [3.63, 3.8) is 0 Å². The molecule has 0 spiro atoms. The Morgan fingerprint density at radius 1 is 1.37 bits per heavy atom. The maximum absolute atomic E-state index is 12.1. The van der Waals surface area contributed by atoms with Crippen molar-refractivity contribution < 1.29 is 9.53 Å². The van der Waals surface area contributed by atoms with E-state index in [0.717, 1.165) is 5.56 Å². The molecular weight excluding hydrogens is 242 g/mol. The molecule has 3 N–H and O–H groups in total. The number of amides is 1. The molecule has 2 aromatic rings. The number of nitrogen functional groups attached to an aromatic ring is 1. The number of nitrogens with two attached hydrogens (primary N) is 1. The number of hydrogen-bond donors (Lipinski definition) is 2. The fraction of sp³-hybridized carbons (Fsp3) is 0.143. The van der Waals surface area contributed by atoms with Gasteiger partial charge in [-0.1, -0.05) is 0 Å². The van der Waals surface area contributed by atoms with Gasteiger partial charge < -0.3 is 15.8 Å². The first-order valence-electron chi connectivity index (χ1n) is 5.78. The number of carbonyl (C=O) groups is 1. The number of pyridine rings is 1. The molecule has 0 saturated carbocycles. The van der Waals surface area contributed by atoms with Crippen molar-refractivity contribution in [1.29, 1.82) is 0 Å². The Hall–Kier alpha value is -2.56. The van der Waals surface area contributed by atoms with E-state index in [1.807, 2.05) is 13.0 Å². The van der Waals surface area contributed by atoms with E-state index in [-0.39, 0.29) is 5.91 Å². The number of methoxy groups -OCH3 is 1. The van der Waals surface area contributed by atoms with Gasteiger partial charge in [0.25, 0.3) is 5.91 Å². The van der Waals surface area contributed by atoms with Gasteiger partial charge in [0.2, 0.25) is 5.88 Å². The van der Waals surface area contributed by atoms with Gasteiger partial charge in [0.15, 0.2) is 0 Å². The van der Waals surface area contributed by atoms with Gasteiger partial charge in [-0.3, -0.25) is 4.79 Å². The van der Waals surface area contributed by atoms with Crippen LogP contribution in [-0.4, -0.2) is 18.0 Å². The smallest absolute Gasteiger partial charge is 0.261 e. The number of benzene rings is 1. The third-order valence-corrected chi connectivity index (χ3v) is 2.74. The SMILES string of the molecule is COc1ncccc1C(=O)Nc1ccc(N)c(C)c1. The minimum Gasteiger partial charge on any atom is -0.480 e. The number of anilines is 2. The van der Waals surface area contributed by atoms with Crippen LogP contribution in [0, 0.1) is 6.92 Å². The number of ether oxygens (including phenoxy) is 1. The van der Waals surface area contributed by atoms with Crippen LogP contribution in [0.25, 0.3) is 0 Å². The van der Waals surface area contributed by atoms with Gasteiger partial charge in [-0.2, -0.15) is 0 Å². The molecule has 0 radical (unpaired) electrons. The largest absolute Gasteiger partial charge is 0.480 e. The molecule has 2 rings (SSSR count). The third-order valence-electron chi connectivity index (χ3n) is 2.74. The second-order valence-corrected chi connectivity index (χ2v) is 4.09. The average molecular weight is 257 g/mol. The highest BCUT2D eigenvalue weighted by Gasteiger charge is 2.13. The maximum Gasteiger partial charge on any atom is 0.261 e. The zero-order chi connectivity index (χ0) is 13.8. The monoisotopic (exact) mass is 257 g/mol. The lowest BCUT2D eigenvalue weighted by atomic mass is 10.1. The van der Waals surface area contributed by atoms with Crippen LogP contribution >= 0.6 is 0 Å². The van der Waals surface area contributed by atoms with E-state index in [1.165, 1.54) is 7.11 Å². The fourth-order valence-electron chi connectivity index (χ4n) is 1.68. The molecule has 98 valence electrons. The number of nitrogens with zero attached hydrogens (tertiary/aromatic N) is 1.